The number of amides is 1. The third kappa shape index (κ3) is 4.23. The van der Waals surface area contributed by atoms with Gasteiger partial charge >= 0.3 is 0 Å². The van der Waals surface area contributed by atoms with Crippen LogP contribution in [0.2, 0.25) is 0 Å². The minimum Gasteiger partial charge on any atom is -0.395 e. The van der Waals surface area contributed by atoms with Crippen LogP contribution in [0.3, 0.4) is 0 Å². The van der Waals surface area contributed by atoms with Crippen LogP contribution in [-0.4, -0.2) is 55.9 Å². The Balaban J connectivity index is 1.75. The zero-order valence-electron chi connectivity index (χ0n) is 15.2. The predicted octanol–water partition coefficient (Wildman–Crippen LogP) is 2.26. The summed E-state index contributed by atoms with van der Waals surface area (Å²) in [5.74, 6) is -0.604. The number of aliphatic hydroxyl groups is 1. The van der Waals surface area contributed by atoms with Crippen molar-refractivity contribution < 1.29 is 14.6 Å². The van der Waals surface area contributed by atoms with E-state index >= 15 is 0 Å². The van der Waals surface area contributed by atoms with Crippen LogP contribution in [0.15, 0.2) is 54.6 Å². The van der Waals surface area contributed by atoms with Gasteiger partial charge in [0.15, 0.2) is 0 Å². The number of aliphatic hydroxyl groups excluding tert-OH is 1. The molecule has 1 amide bonds. The lowest BCUT2D eigenvalue weighted by atomic mass is 9.98. The van der Waals surface area contributed by atoms with Gasteiger partial charge in [-0.2, -0.15) is 0 Å². The summed E-state index contributed by atoms with van der Waals surface area (Å²) in [6.07, 6.45) is 0. The third-order valence-electron chi connectivity index (χ3n) is 4.81. The molecule has 1 atom stereocenters. The summed E-state index contributed by atoms with van der Waals surface area (Å²) >= 11 is 0. The van der Waals surface area contributed by atoms with E-state index in [2.05, 4.69) is 17.0 Å². The number of likely N-dealkylation sites (N-methyl/N-ethyl adjacent to an activating group) is 1. The topological polar surface area (TPSA) is 53.0 Å². The van der Waals surface area contributed by atoms with Crippen LogP contribution < -0.4 is 4.90 Å². The van der Waals surface area contributed by atoms with Crippen molar-refractivity contribution in [3.8, 4) is 0 Å². The Morgan fingerprint density at radius 3 is 2.46 bits per heavy atom. The summed E-state index contributed by atoms with van der Waals surface area (Å²) in [5.41, 5.74) is 3.10. The molecule has 0 saturated carbocycles. The number of morpholine rings is 1. The van der Waals surface area contributed by atoms with Crippen LogP contribution in [0, 0.1) is 0 Å². The van der Waals surface area contributed by atoms with E-state index in [4.69, 9.17) is 4.74 Å². The molecule has 2 aromatic rings. The molecule has 1 aliphatic rings. The van der Waals surface area contributed by atoms with Crippen LogP contribution in [0.25, 0.3) is 0 Å². The van der Waals surface area contributed by atoms with Crippen molar-refractivity contribution in [2.45, 2.75) is 12.5 Å². The van der Waals surface area contributed by atoms with Gasteiger partial charge in [-0.25, -0.2) is 0 Å². The molecule has 5 heteroatoms. The van der Waals surface area contributed by atoms with E-state index in [1.807, 2.05) is 42.5 Å². The van der Waals surface area contributed by atoms with Crippen molar-refractivity contribution in [3.05, 3.63) is 65.7 Å². The molecule has 1 N–H and O–H groups in total. The van der Waals surface area contributed by atoms with E-state index in [1.165, 1.54) is 0 Å². The molecule has 1 unspecified atom stereocenters. The van der Waals surface area contributed by atoms with Crippen molar-refractivity contribution >= 4 is 11.6 Å². The molecule has 3 rings (SSSR count). The van der Waals surface area contributed by atoms with Gasteiger partial charge in [0, 0.05) is 32.4 Å². The number of rotatable bonds is 6. The first kappa shape index (κ1) is 18.4. The first-order chi connectivity index (χ1) is 12.7. The largest absolute Gasteiger partial charge is 0.395 e. The number of hydrogen-bond donors (Lipinski definition) is 1. The van der Waals surface area contributed by atoms with Gasteiger partial charge in [-0.05, 0) is 17.2 Å². The minimum atomic E-state index is -0.531. The summed E-state index contributed by atoms with van der Waals surface area (Å²) < 4.78 is 5.44. The summed E-state index contributed by atoms with van der Waals surface area (Å²) in [4.78, 5) is 16.9. The van der Waals surface area contributed by atoms with Gasteiger partial charge in [0.25, 0.3) is 0 Å². The number of hydrogen-bond acceptors (Lipinski definition) is 4. The standard InChI is InChI=1S/C21H26N2O3/c1-22(21(25)19(16-24)17-7-3-2-4-8-17)15-18-9-5-6-10-20(18)23-11-13-26-14-12-23/h2-10,19,24H,11-16H2,1H3. The molecule has 2 aromatic carbocycles. The molecule has 1 aliphatic heterocycles. The molecule has 5 nitrogen and oxygen atoms in total. The number of ether oxygens (including phenoxy) is 1. The highest BCUT2D eigenvalue weighted by Crippen LogP contribution is 2.24. The predicted molar refractivity (Wildman–Crippen MR) is 102 cm³/mol. The van der Waals surface area contributed by atoms with Crippen molar-refractivity contribution in [1.29, 1.82) is 0 Å². The van der Waals surface area contributed by atoms with Crippen LogP contribution in [-0.2, 0) is 16.1 Å². The average Bonchev–Trinajstić information content (AvgIpc) is 2.70. The van der Waals surface area contributed by atoms with Crippen molar-refractivity contribution in [2.24, 2.45) is 0 Å². The highest BCUT2D eigenvalue weighted by molar-refractivity contribution is 5.83. The molecule has 0 spiro atoms. The number of nitrogens with zero attached hydrogens (tertiary/aromatic N) is 2. The second kappa shape index (κ2) is 8.83. The fourth-order valence-corrected chi connectivity index (χ4v) is 3.37. The van der Waals surface area contributed by atoms with Gasteiger partial charge in [0.05, 0.1) is 25.7 Å². The molecule has 1 heterocycles. The molecular weight excluding hydrogens is 328 g/mol. The highest BCUT2D eigenvalue weighted by atomic mass is 16.5. The molecular formula is C21H26N2O3. The van der Waals surface area contributed by atoms with Crippen molar-refractivity contribution in [3.63, 3.8) is 0 Å². The second-order valence-electron chi connectivity index (χ2n) is 6.57. The van der Waals surface area contributed by atoms with E-state index in [1.54, 1.807) is 11.9 Å². The molecule has 0 aliphatic carbocycles. The zero-order valence-corrected chi connectivity index (χ0v) is 15.2. The Bertz CT molecular complexity index is 714. The summed E-state index contributed by atoms with van der Waals surface area (Å²) in [6, 6.07) is 17.6. The molecule has 0 radical (unpaired) electrons. The quantitative estimate of drug-likeness (QED) is 0.865. The number of para-hydroxylation sites is 1. The average molecular weight is 354 g/mol. The van der Waals surface area contributed by atoms with E-state index in [0.717, 1.165) is 43.1 Å². The molecule has 26 heavy (non-hydrogen) atoms. The Morgan fingerprint density at radius 2 is 1.77 bits per heavy atom. The number of carbonyl (C=O) groups is 1. The molecule has 1 saturated heterocycles. The van der Waals surface area contributed by atoms with Gasteiger partial charge in [0.1, 0.15) is 0 Å². The first-order valence-electron chi connectivity index (χ1n) is 9.02. The SMILES string of the molecule is CN(Cc1ccccc1N1CCOCC1)C(=O)C(CO)c1ccccc1. The van der Waals surface area contributed by atoms with Crippen molar-refractivity contribution in [2.75, 3.05) is 44.9 Å². The summed E-state index contributed by atoms with van der Waals surface area (Å²) in [6.45, 7) is 3.48. The van der Waals surface area contributed by atoms with E-state index in [9.17, 15) is 9.90 Å². The third-order valence-corrected chi connectivity index (χ3v) is 4.81. The molecule has 138 valence electrons. The van der Waals surface area contributed by atoms with E-state index in [0.29, 0.717) is 6.54 Å². The Kier molecular flexibility index (Phi) is 6.26. The molecule has 0 aromatic heterocycles. The summed E-state index contributed by atoms with van der Waals surface area (Å²) in [7, 11) is 1.80. The Morgan fingerprint density at radius 1 is 1.12 bits per heavy atom. The van der Waals surface area contributed by atoms with Crippen LogP contribution in [0.1, 0.15) is 17.0 Å². The Hall–Kier alpha value is -2.37. The maximum absolute atomic E-state index is 12.9. The van der Waals surface area contributed by atoms with Crippen molar-refractivity contribution in [1.82, 2.24) is 4.90 Å². The van der Waals surface area contributed by atoms with Crippen LogP contribution >= 0.6 is 0 Å². The van der Waals surface area contributed by atoms with Gasteiger partial charge in [0.2, 0.25) is 5.91 Å². The monoisotopic (exact) mass is 354 g/mol. The number of anilines is 1. The van der Waals surface area contributed by atoms with E-state index in [-0.39, 0.29) is 12.5 Å². The maximum atomic E-state index is 12.9. The number of carbonyl (C=O) groups excluding carboxylic acids is 1. The first-order valence-corrected chi connectivity index (χ1v) is 9.02. The Labute approximate surface area is 154 Å². The number of benzene rings is 2. The highest BCUT2D eigenvalue weighted by Gasteiger charge is 2.24. The lowest BCUT2D eigenvalue weighted by Crippen LogP contribution is -2.38. The fourth-order valence-electron chi connectivity index (χ4n) is 3.37. The molecule has 1 fully saturated rings. The molecule has 0 bridgehead atoms. The van der Waals surface area contributed by atoms with Crippen LogP contribution in [0.5, 0.6) is 0 Å². The zero-order chi connectivity index (χ0) is 18.4. The lowest BCUT2D eigenvalue weighted by Gasteiger charge is -2.32. The van der Waals surface area contributed by atoms with Gasteiger partial charge in [-0.3, -0.25) is 4.79 Å². The lowest BCUT2D eigenvalue weighted by molar-refractivity contribution is -0.133. The fraction of sp³-hybridized carbons (Fsp3) is 0.381. The van der Waals surface area contributed by atoms with Crippen LogP contribution in [0.4, 0.5) is 5.69 Å². The second-order valence-corrected chi connectivity index (χ2v) is 6.57. The van der Waals surface area contributed by atoms with Gasteiger partial charge < -0.3 is 19.6 Å². The van der Waals surface area contributed by atoms with Gasteiger partial charge in [-0.15, -0.1) is 0 Å². The summed E-state index contributed by atoms with van der Waals surface area (Å²) in [5, 5.41) is 9.75. The van der Waals surface area contributed by atoms with Gasteiger partial charge in [-0.1, -0.05) is 48.5 Å². The normalized spacial score (nSPS) is 15.5. The minimum absolute atomic E-state index is 0.0736. The van der Waals surface area contributed by atoms with E-state index < -0.39 is 5.92 Å². The smallest absolute Gasteiger partial charge is 0.232 e. The maximum Gasteiger partial charge on any atom is 0.232 e.